The molecule has 0 saturated carbocycles. The van der Waals surface area contributed by atoms with Gasteiger partial charge in [-0.15, -0.1) is 11.3 Å². The number of thiophene rings is 1. The summed E-state index contributed by atoms with van der Waals surface area (Å²) in [5.41, 5.74) is 1.76. The molecule has 0 atom stereocenters. The van der Waals surface area contributed by atoms with E-state index in [0.29, 0.717) is 19.0 Å². The summed E-state index contributed by atoms with van der Waals surface area (Å²) in [6.45, 7) is 9.75. The van der Waals surface area contributed by atoms with Gasteiger partial charge in [0.2, 0.25) is 0 Å². The fraction of sp³-hybridized carbons (Fsp3) is 0.556. The number of phenolic OH excluding ortho intramolecular Hbond substituents is 1. The van der Waals surface area contributed by atoms with Gasteiger partial charge in [-0.2, -0.15) is 0 Å². The van der Waals surface area contributed by atoms with Gasteiger partial charge in [-0.3, -0.25) is 4.90 Å². The van der Waals surface area contributed by atoms with Gasteiger partial charge in [0, 0.05) is 56.3 Å². The lowest BCUT2D eigenvalue weighted by Crippen LogP contribution is -2.36. The highest BCUT2D eigenvalue weighted by atomic mass is 32.1. The number of anilines is 1. The molecular formula is C27H37N5O4S. The molecule has 0 spiro atoms. The van der Waals surface area contributed by atoms with Crippen molar-refractivity contribution in [1.82, 2.24) is 19.8 Å². The molecule has 3 aliphatic rings. The Kier molecular flexibility index (Phi) is 8.85. The van der Waals surface area contributed by atoms with Crippen molar-refractivity contribution in [3.63, 3.8) is 0 Å². The van der Waals surface area contributed by atoms with Crippen molar-refractivity contribution in [2.75, 3.05) is 77.6 Å². The normalized spacial score (nSPS) is 20.1. The first kappa shape index (κ1) is 26.3. The van der Waals surface area contributed by atoms with Crippen molar-refractivity contribution in [2.24, 2.45) is 0 Å². The Balaban J connectivity index is 0.000000348. The topological polar surface area (TPSA) is 94.4 Å². The molecular weight excluding hydrogens is 490 g/mol. The number of ether oxygens (including phenoxy) is 2. The molecule has 5 heterocycles. The lowest BCUT2D eigenvalue weighted by molar-refractivity contribution is 0.0503. The third-order valence-corrected chi connectivity index (χ3v) is 8.10. The summed E-state index contributed by atoms with van der Waals surface area (Å²) in [6, 6.07) is 9.27. The number of morpholine rings is 2. The number of hydrogen-bond acceptors (Lipinski definition) is 10. The van der Waals surface area contributed by atoms with Crippen LogP contribution in [0.3, 0.4) is 0 Å². The van der Waals surface area contributed by atoms with Gasteiger partial charge in [0.1, 0.15) is 5.75 Å². The molecule has 1 aromatic carbocycles. The maximum atomic E-state index is 9.91. The monoisotopic (exact) mass is 527 g/mol. The maximum Gasteiger partial charge on any atom is 0.162 e. The van der Waals surface area contributed by atoms with Gasteiger partial charge in [0.25, 0.3) is 0 Å². The highest BCUT2D eigenvalue weighted by molar-refractivity contribution is 7.19. The van der Waals surface area contributed by atoms with Crippen molar-refractivity contribution in [3.8, 4) is 17.1 Å². The summed E-state index contributed by atoms with van der Waals surface area (Å²) in [6.07, 6.45) is 1.52. The molecule has 0 unspecified atom stereocenters. The number of likely N-dealkylation sites (tertiary alicyclic amines) is 1. The highest BCUT2D eigenvalue weighted by Gasteiger charge is 2.22. The Morgan fingerprint density at radius 3 is 2.30 bits per heavy atom. The predicted molar refractivity (Wildman–Crippen MR) is 146 cm³/mol. The molecule has 0 bridgehead atoms. The van der Waals surface area contributed by atoms with E-state index in [1.165, 1.54) is 4.88 Å². The molecule has 3 saturated heterocycles. The standard InChI is InChI=1S/C22H26N4O3S.C5H11NO/c27-16-4-6-25(7-5-16)14-18-13-19-20(30-18)22(26-8-10-29-11-9-26)24-21(23-19)15-2-1-3-17(28)12-15;1-6-2-4-7-5-3-6/h1-3,12-13,16,27-28H,4-11,14H2;2-5H2,1H3. The average molecular weight is 528 g/mol. The number of hydrogen-bond donors (Lipinski definition) is 2. The molecule has 0 radical (unpaired) electrons. The van der Waals surface area contributed by atoms with Gasteiger partial charge >= 0.3 is 0 Å². The number of piperidine rings is 1. The van der Waals surface area contributed by atoms with Crippen LogP contribution in [0.1, 0.15) is 17.7 Å². The molecule has 0 amide bonds. The number of nitrogens with zero attached hydrogens (tertiary/aromatic N) is 5. The Morgan fingerprint density at radius 2 is 1.65 bits per heavy atom. The van der Waals surface area contributed by atoms with Crippen molar-refractivity contribution < 1.29 is 19.7 Å². The van der Waals surface area contributed by atoms with Crippen LogP contribution >= 0.6 is 11.3 Å². The lowest BCUT2D eigenvalue weighted by Gasteiger charge is -2.29. The second kappa shape index (κ2) is 12.5. The molecule has 200 valence electrons. The van der Waals surface area contributed by atoms with Crippen LogP contribution in [0.2, 0.25) is 0 Å². The van der Waals surface area contributed by atoms with Gasteiger partial charge < -0.3 is 29.5 Å². The number of aromatic hydroxyl groups is 1. The minimum Gasteiger partial charge on any atom is -0.508 e. The minimum absolute atomic E-state index is 0.160. The molecule has 10 heteroatoms. The molecule has 2 N–H and O–H groups in total. The van der Waals surface area contributed by atoms with Gasteiger partial charge in [-0.25, -0.2) is 9.97 Å². The Bertz CT molecular complexity index is 1150. The zero-order valence-electron chi connectivity index (χ0n) is 21.5. The Hall–Kier alpha value is -2.34. The van der Waals surface area contributed by atoms with Crippen molar-refractivity contribution in [3.05, 3.63) is 35.2 Å². The molecule has 3 fully saturated rings. The van der Waals surface area contributed by atoms with Gasteiger partial charge in [-0.05, 0) is 38.1 Å². The fourth-order valence-corrected chi connectivity index (χ4v) is 5.91. The first-order valence-corrected chi connectivity index (χ1v) is 14.0. The minimum atomic E-state index is -0.160. The number of aliphatic hydroxyl groups is 1. The number of fused-ring (bicyclic) bond motifs is 1. The Labute approximate surface area is 222 Å². The first-order valence-electron chi connectivity index (χ1n) is 13.1. The van der Waals surface area contributed by atoms with E-state index in [1.54, 1.807) is 23.5 Å². The molecule has 0 aliphatic carbocycles. The maximum absolute atomic E-state index is 9.91. The van der Waals surface area contributed by atoms with Crippen LogP contribution in [0.25, 0.3) is 21.6 Å². The van der Waals surface area contributed by atoms with Crippen LogP contribution in [0, 0.1) is 0 Å². The summed E-state index contributed by atoms with van der Waals surface area (Å²) in [5, 5.41) is 19.7. The highest BCUT2D eigenvalue weighted by Crippen LogP contribution is 2.35. The molecule has 2 aromatic heterocycles. The first-order chi connectivity index (χ1) is 18.0. The van der Waals surface area contributed by atoms with E-state index >= 15 is 0 Å². The molecule has 3 aliphatic heterocycles. The summed E-state index contributed by atoms with van der Waals surface area (Å²) in [4.78, 5) is 18.0. The van der Waals surface area contributed by atoms with E-state index in [1.807, 2.05) is 12.1 Å². The lowest BCUT2D eigenvalue weighted by atomic mass is 10.1. The number of likely N-dealkylation sites (N-methyl/N-ethyl adjacent to an activating group) is 1. The van der Waals surface area contributed by atoms with E-state index in [4.69, 9.17) is 19.4 Å². The van der Waals surface area contributed by atoms with Crippen LogP contribution in [0.15, 0.2) is 30.3 Å². The average Bonchev–Trinajstić information content (AvgIpc) is 3.33. The van der Waals surface area contributed by atoms with Crippen LogP contribution in [-0.4, -0.2) is 109 Å². The van der Waals surface area contributed by atoms with E-state index in [-0.39, 0.29) is 11.9 Å². The summed E-state index contributed by atoms with van der Waals surface area (Å²) >= 11 is 1.76. The van der Waals surface area contributed by atoms with Crippen LogP contribution in [-0.2, 0) is 16.0 Å². The second-order valence-electron chi connectivity index (χ2n) is 9.87. The smallest absolute Gasteiger partial charge is 0.162 e. The largest absolute Gasteiger partial charge is 0.508 e. The quantitative estimate of drug-likeness (QED) is 0.531. The van der Waals surface area contributed by atoms with Crippen LogP contribution in [0.4, 0.5) is 5.82 Å². The SMILES string of the molecule is CN1CCOCC1.Oc1cccc(-c2nc(N3CCOCC3)c3sc(CN4CCC(O)CC4)cc3n2)c1. The number of aromatic nitrogens is 2. The van der Waals surface area contributed by atoms with E-state index in [9.17, 15) is 10.2 Å². The van der Waals surface area contributed by atoms with Crippen molar-refractivity contribution in [2.45, 2.75) is 25.5 Å². The number of benzene rings is 1. The van der Waals surface area contributed by atoms with Crippen molar-refractivity contribution in [1.29, 1.82) is 0 Å². The van der Waals surface area contributed by atoms with E-state index < -0.39 is 0 Å². The summed E-state index contributed by atoms with van der Waals surface area (Å²) < 4.78 is 11.7. The third-order valence-electron chi connectivity index (χ3n) is 6.99. The van der Waals surface area contributed by atoms with Gasteiger partial charge in [0.15, 0.2) is 11.6 Å². The molecule has 37 heavy (non-hydrogen) atoms. The van der Waals surface area contributed by atoms with Crippen LogP contribution < -0.4 is 4.90 Å². The number of aliphatic hydroxyl groups excluding tert-OH is 1. The van der Waals surface area contributed by atoms with Gasteiger partial charge in [-0.1, -0.05) is 12.1 Å². The number of rotatable bonds is 4. The molecule has 9 nitrogen and oxygen atoms in total. The number of phenols is 1. The molecule has 3 aromatic rings. The molecule has 6 rings (SSSR count). The predicted octanol–water partition coefficient (Wildman–Crippen LogP) is 2.81. The fourth-order valence-electron chi connectivity index (χ4n) is 4.76. The van der Waals surface area contributed by atoms with E-state index in [2.05, 4.69) is 27.8 Å². The second-order valence-corrected chi connectivity index (χ2v) is 11.0. The summed E-state index contributed by atoms with van der Waals surface area (Å²) in [5.74, 6) is 1.79. The van der Waals surface area contributed by atoms with Gasteiger partial charge in [0.05, 0.1) is 42.7 Å². The third kappa shape index (κ3) is 6.95. The Morgan fingerprint density at radius 1 is 0.946 bits per heavy atom. The van der Waals surface area contributed by atoms with Crippen LogP contribution in [0.5, 0.6) is 5.75 Å². The van der Waals surface area contributed by atoms with Crippen molar-refractivity contribution >= 4 is 27.4 Å². The van der Waals surface area contributed by atoms with E-state index in [0.717, 1.165) is 93.5 Å². The zero-order valence-corrected chi connectivity index (χ0v) is 22.3. The zero-order chi connectivity index (χ0) is 25.6. The summed E-state index contributed by atoms with van der Waals surface area (Å²) in [7, 11) is 2.11.